The predicted molar refractivity (Wildman–Crippen MR) is 121 cm³/mol. The molecule has 6 heteroatoms. The molecular formula is C24H32N2O3S. The van der Waals surface area contributed by atoms with E-state index in [0.717, 1.165) is 16.7 Å². The standard InChI is InChI=1S/C24H32N2O3S/c1-17-9-10-23(19(3)15-17)20(4)25-24(27)21-11-13-26(14-12-21)30(28,29)16-22-8-6-5-7-18(22)2/h5-10,15,20-21H,11-14,16H2,1-4H3,(H,25,27)/t20-/m0/s1. The van der Waals surface area contributed by atoms with Gasteiger partial charge in [-0.25, -0.2) is 12.7 Å². The van der Waals surface area contributed by atoms with Crippen LogP contribution in [0.1, 0.15) is 53.6 Å². The van der Waals surface area contributed by atoms with Gasteiger partial charge in [-0.2, -0.15) is 0 Å². The summed E-state index contributed by atoms with van der Waals surface area (Å²) in [6.07, 6.45) is 1.11. The number of sulfonamides is 1. The lowest BCUT2D eigenvalue weighted by atomic mass is 9.95. The second-order valence-electron chi connectivity index (χ2n) is 8.45. The molecule has 0 bridgehead atoms. The van der Waals surface area contributed by atoms with E-state index < -0.39 is 10.0 Å². The summed E-state index contributed by atoms with van der Waals surface area (Å²) in [5, 5.41) is 3.12. The quantitative estimate of drug-likeness (QED) is 0.755. The molecule has 1 aliphatic rings. The van der Waals surface area contributed by atoms with Gasteiger partial charge < -0.3 is 5.32 Å². The van der Waals surface area contributed by atoms with Gasteiger partial charge in [0.25, 0.3) is 0 Å². The number of carbonyl (C=O) groups excluding carboxylic acids is 1. The van der Waals surface area contributed by atoms with Gasteiger partial charge in [0.2, 0.25) is 15.9 Å². The molecule has 0 saturated carbocycles. The van der Waals surface area contributed by atoms with E-state index in [2.05, 4.69) is 37.4 Å². The molecule has 1 heterocycles. The van der Waals surface area contributed by atoms with Crippen molar-refractivity contribution in [1.82, 2.24) is 9.62 Å². The summed E-state index contributed by atoms with van der Waals surface area (Å²) in [6, 6.07) is 13.7. The van der Waals surface area contributed by atoms with Gasteiger partial charge >= 0.3 is 0 Å². The molecule has 0 spiro atoms. The van der Waals surface area contributed by atoms with Gasteiger partial charge in [0.05, 0.1) is 11.8 Å². The van der Waals surface area contributed by atoms with Crippen LogP contribution in [-0.2, 0) is 20.6 Å². The van der Waals surface area contributed by atoms with E-state index >= 15 is 0 Å². The van der Waals surface area contributed by atoms with Gasteiger partial charge in [-0.05, 0) is 62.8 Å². The molecule has 1 N–H and O–H groups in total. The SMILES string of the molecule is Cc1ccc([C@H](C)NC(=O)C2CCN(S(=O)(=O)Cc3ccccc3C)CC2)c(C)c1. The maximum absolute atomic E-state index is 12.8. The topological polar surface area (TPSA) is 66.5 Å². The molecule has 162 valence electrons. The molecule has 1 saturated heterocycles. The maximum Gasteiger partial charge on any atom is 0.223 e. The number of nitrogens with zero attached hydrogens (tertiary/aromatic N) is 1. The van der Waals surface area contributed by atoms with Crippen LogP contribution in [0.25, 0.3) is 0 Å². The van der Waals surface area contributed by atoms with Crippen molar-refractivity contribution in [3.63, 3.8) is 0 Å². The van der Waals surface area contributed by atoms with Crippen molar-refractivity contribution in [3.8, 4) is 0 Å². The Balaban J connectivity index is 1.56. The average molecular weight is 429 g/mol. The van der Waals surface area contributed by atoms with E-state index in [4.69, 9.17) is 0 Å². The molecule has 2 aromatic rings. The molecular weight excluding hydrogens is 396 g/mol. The molecule has 1 fully saturated rings. The molecule has 1 aliphatic heterocycles. The summed E-state index contributed by atoms with van der Waals surface area (Å²) >= 11 is 0. The summed E-state index contributed by atoms with van der Waals surface area (Å²) in [4.78, 5) is 12.8. The lowest BCUT2D eigenvalue weighted by Gasteiger charge is -2.31. The number of aryl methyl sites for hydroxylation is 3. The Morgan fingerprint density at radius 3 is 2.37 bits per heavy atom. The van der Waals surface area contributed by atoms with Gasteiger partial charge in [-0.15, -0.1) is 0 Å². The average Bonchev–Trinajstić information content (AvgIpc) is 2.69. The van der Waals surface area contributed by atoms with E-state index in [1.165, 1.54) is 15.4 Å². The number of benzene rings is 2. The Bertz CT molecular complexity index is 1010. The van der Waals surface area contributed by atoms with Gasteiger partial charge in [0, 0.05) is 19.0 Å². The van der Waals surface area contributed by atoms with Crippen LogP contribution in [0.5, 0.6) is 0 Å². The minimum atomic E-state index is -3.38. The van der Waals surface area contributed by atoms with Crippen LogP contribution in [0, 0.1) is 26.7 Å². The fourth-order valence-electron chi connectivity index (χ4n) is 4.18. The Kier molecular flexibility index (Phi) is 6.98. The van der Waals surface area contributed by atoms with Crippen molar-refractivity contribution in [2.24, 2.45) is 5.92 Å². The lowest BCUT2D eigenvalue weighted by Crippen LogP contribution is -2.43. The molecule has 1 amide bonds. The molecule has 0 unspecified atom stereocenters. The summed E-state index contributed by atoms with van der Waals surface area (Å²) in [5.74, 6) is -0.123. The molecule has 5 nitrogen and oxygen atoms in total. The van der Waals surface area contributed by atoms with Gasteiger partial charge in [-0.1, -0.05) is 48.0 Å². The van der Waals surface area contributed by atoms with Crippen LogP contribution >= 0.6 is 0 Å². The highest BCUT2D eigenvalue weighted by atomic mass is 32.2. The molecule has 0 aromatic heterocycles. The van der Waals surface area contributed by atoms with Crippen molar-refractivity contribution >= 4 is 15.9 Å². The summed E-state index contributed by atoms with van der Waals surface area (Å²) in [6.45, 7) is 8.83. The van der Waals surface area contributed by atoms with Gasteiger partial charge in [0.1, 0.15) is 0 Å². The zero-order valence-electron chi connectivity index (χ0n) is 18.3. The van der Waals surface area contributed by atoms with Gasteiger partial charge in [-0.3, -0.25) is 4.79 Å². The molecule has 1 atom stereocenters. The fourth-order valence-corrected chi connectivity index (χ4v) is 5.84. The predicted octanol–water partition coefficient (Wildman–Crippen LogP) is 4.03. The molecule has 2 aromatic carbocycles. The van der Waals surface area contributed by atoms with Crippen molar-refractivity contribution in [3.05, 3.63) is 70.3 Å². The fraction of sp³-hybridized carbons (Fsp3) is 0.458. The van der Waals surface area contributed by atoms with E-state index in [9.17, 15) is 13.2 Å². The second kappa shape index (κ2) is 9.31. The monoisotopic (exact) mass is 428 g/mol. The molecule has 0 radical (unpaired) electrons. The summed E-state index contributed by atoms with van der Waals surface area (Å²) in [5.41, 5.74) is 5.30. The summed E-state index contributed by atoms with van der Waals surface area (Å²) in [7, 11) is -3.38. The Labute approximate surface area is 180 Å². The maximum atomic E-state index is 12.8. The Hall–Kier alpha value is -2.18. The van der Waals surface area contributed by atoms with Crippen molar-refractivity contribution in [2.75, 3.05) is 13.1 Å². The lowest BCUT2D eigenvalue weighted by molar-refractivity contribution is -0.126. The van der Waals surface area contributed by atoms with E-state index in [-0.39, 0.29) is 23.6 Å². The number of nitrogens with one attached hydrogen (secondary N) is 1. The van der Waals surface area contributed by atoms with Crippen LogP contribution in [-0.4, -0.2) is 31.7 Å². The highest BCUT2D eigenvalue weighted by Gasteiger charge is 2.31. The third-order valence-corrected chi connectivity index (χ3v) is 7.90. The minimum absolute atomic E-state index is 0.0124. The largest absolute Gasteiger partial charge is 0.349 e. The first-order valence-electron chi connectivity index (χ1n) is 10.6. The minimum Gasteiger partial charge on any atom is -0.349 e. The van der Waals surface area contributed by atoms with Crippen LogP contribution < -0.4 is 5.32 Å². The van der Waals surface area contributed by atoms with E-state index in [0.29, 0.717) is 25.9 Å². The van der Waals surface area contributed by atoms with Gasteiger partial charge in [0.15, 0.2) is 0 Å². The third kappa shape index (κ3) is 5.29. The van der Waals surface area contributed by atoms with E-state index in [1.807, 2.05) is 38.1 Å². The first-order valence-corrected chi connectivity index (χ1v) is 12.2. The molecule has 0 aliphatic carbocycles. The van der Waals surface area contributed by atoms with Crippen molar-refractivity contribution < 1.29 is 13.2 Å². The van der Waals surface area contributed by atoms with E-state index in [1.54, 1.807) is 0 Å². The van der Waals surface area contributed by atoms with Crippen LogP contribution in [0.3, 0.4) is 0 Å². The zero-order chi connectivity index (χ0) is 21.9. The highest BCUT2D eigenvalue weighted by Crippen LogP contribution is 2.24. The van der Waals surface area contributed by atoms with Crippen molar-refractivity contribution in [1.29, 1.82) is 0 Å². The first kappa shape index (κ1) is 22.5. The van der Waals surface area contributed by atoms with Crippen LogP contribution in [0.2, 0.25) is 0 Å². The van der Waals surface area contributed by atoms with Crippen molar-refractivity contribution in [2.45, 2.75) is 52.3 Å². The molecule has 3 rings (SSSR count). The van der Waals surface area contributed by atoms with Crippen LogP contribution in [0.4, 0.5) is 0 Å². The first-order chi connectivity index (χ1) is 14.2. The number of piperidine rings is 1. The number of rotatable bonds is 6. The highest BCUT2D eigenvalue weighted by molar-refractivity contribution is 7.88. The number of hydrogen-bond donors (Lipinski definition) is 1. The zero-order valence-corrected chi connectivity index (χ0v) is 19.1. The number of amides is 1. The number of hydrogen-bond acceptors (Lipinski definition) is 3. The molecule has 30 heavy (non-hydrogen) atoms. The number of carbonyl (C=O) groups is 1. The second-order valence-corrected chi connectivity index (χ2v) is 10.4. The Morgan fingerprint density at radius 2 is 1.73 bits per heavy atom. The normalized spacial score (nSPS) is 16.9. The van der Waals surface area contributed by atoms with Crippen LogP contribution in [0.15, 0.2) is 42.5 Å². The third-order valence-electron chi connectivity index (χ3n) is 6.07. The smallest absolute Gasteiger partial charge is 0.223 e. The summed E-state index contributed by atoms with van der Waals surface area (Å²) < 4.78 is 27.2. The Morgan fingerprint density at radius 1 is 1.07 bits per heavy atom.